The summed E-state index contributed by atoms with van der Waals surface area (Å²) in [5, 5.41) is 2.13. The molecule has 0 amide bonds. The van der Waals surface area contributed by atoms with Crippen LogP contribution in [-0.2, 0) is 6.54 Å². The molecule has 0 aliphatic rings. The van der Waals surface area contributed by atoms with E-state index < -0.39 is 0 Å². The van der Waals surface area contributed by atoms with Crippen LogP contribution in [0.5, 0.6) is 0 Å². The number of thiophene rings is 2. The molecule has 0 fully saturated rings. The van der Waals surface area contributed by atoms with Crippen LogP contribution in [0.2, 0.25) is 0 Å². The Morgan fingerprint density at radius 3 is 2.65 bits per heavy atom. The number of likely N-dealkylation sites (N-methyl/N-ethyl adjacent to an activating group) is 1. The average Bonchev–Trinajstić information content (AvgIpc) is 2.99. The summed E-state index contributed by atoms with van der Waals surface area (Å²) in [6.45, 7) is 5.25. The zero-order valence-corrected chi connectivity index (χ0v) is 15.3. The zero-order valence-electron chi connectivity index (χ0n) is 12.1. The number of hydrogen-bond donors (Lipinski definition) is 1. The van der Waals surface area contributed by atoms with Crippen LogP contribution < -0.4 is 5.73 Å². The van der Waals surface area contributed by atoms with Gasteiger partial charge in [0, 0.05) is 37.1 Å². The summed E-state index contributed by atoms with van der Waals surface area (Å²) < 4.78 is 1.16. The van der Waals surface area contributed by atoms with Gasteiger partial charge in [-0.25, -0.2) is 0 Å². The molecule has 0 spiro atoms. The summed E-state index contributed by atoms with van der Waals surface area (Å²) >= 11 is 7.16. The molecule has 0 bridgehead atoms. The van der Waals surface area contributed by atoms with Crippen molar-refractivity contribution in [2.75, 3.05) is 7.05 Å². The largest absolute Gasteiger partial charge is 0.326 e. The lowest BCUT2D eigenvalue weighted by Gasteiger charge is -2.31. The summed E-state index contributed by atoms with van der Waals surface area (Å²) in [6, 6.07) is 7.06. The normalized spacial score (nSPS) is 14.7. The minimum atomic E-state index is 0.168. The first-order valence-electron chi connectivity index (χ1n) is 6.76. The van der Waals surface area contributed by atoms with Crippen molar-refractivity contribution >= 4 is 38.6 Å². The minimum Gasteiger partial charge on any atom is -0.326 e. The molecule has 0 aliphatic heterocycles. The molecular formula is C15H21BrN2S2. The lowest BCUT2D eigenvalue weighted by Crippen LogP contribution is -2.37. The predicted octanol–water partition coefficient (Wildman–Crippen LogP) is 4.79. The summed E-state index contributed by atoms with van der Waals surface area (Å²) in [6.07, 6.45) is 0.986. The molecular weight excluding hydrogens is 352 g/mol. The molecule has 2 rings (SSSR count). The van der Waals surface area contributed by atoms with Gasteiger partial charge in [-0.05, 0) is 54.5 Å². The first-order chi connectivity index (χ1) is 9.51. The van der Waals surface area contributed by atoms with E-state index in [1.165, 1.54) is 14.6 Å². The quantitative estimate of drug-likeness (QED) is 0.789. The van der Waals surface area contributed by atoms with E-state index in [0.29, 0.717) is 6.04 Å². The van der Waals surface area contributed by atoms with Crippen molar-refractivity contribution in [2.45, 2.75) is 38.9 Å². The van der Waals surface area contributed by atoms with Gasteiger partial charge in [0.1, 0.15) is 0 Å². The first-order valence-corrected chi connectivity index (χ1v) is 9.25. The Morgan fingerprint density at radius 2 is 2.15 bits per heavy atom. The van der Waals surface area contributed by atoms with E-state index in [9.17, 15) is 0 Å². The summed E-state index contributed by atoms with van der Waals surface area (Å²) in [5.41, 5.74) is 6.38. The number of nitrogens with two attached hydrogens (primary N) is 1. The van der Waals surface area contributed by atoms with Gasteiger partial charge >= 0.3 is 0 Å². The van der Waals surface area contributed by atoms with E-state index in [1.54, 1.807) is 11.3 Å². The zero-order chi connectivity index (χ0) is 14.7. The second-order valence-corrected chi connectivity index (χ2v) is 8.34. The molecule has 0 saturated carbocycles. The molecule has 5 heteroatoms. The third kappa shape index (κ3) is 3.92. The highest BCUT2D eigenvalue weighted by atomic mass is 79.9. The highest BCUT2D eigenvalue weighted by Crippen LogP contribution is 2.32. The third-order valence-corrected chi connectivity index (χ3v) is 6.19. The number of rotatable bonds is 6. The Balaban J connectivity index is 2.17. The molecule has 2 unspecified atom stereocenters. The average molecular weight is 373 g/mol. The topological polar surface area (TPSA) is 29.3 Å². The second-order valence-electron chi connectivity index (χ2n) is 5.11. The van der Waals surface area contributed by atoms with Crippen LogP contribution in [0.1, 0.15) is 34.0 Å². The lowest BCUT2D eigenvalue weighted by atomic mass is 10.0. The SMILES string of the molecule is CCC(N)C(c1ccc(C)s1)N(C)Cc1cc(Br)cs1. The van der Waals surface area contributed by atoms with Crippen molar-refractivity contribution in [3.8, 4) is 0 Å². The van der Waals surface area contributed by atoms with Crippen LogP contribution in [-0.4, -0.2) is 18.0 Å². The van der Waals surface area contributed by atoms with Crippen LogP contribution in [0, 0.1) is 6.92 Å². The Labute approximate surface area is 137 Å². The van der Waals surface area contributed by atoms with E-state index in [1.807, 2.05) is 11.3 Å². The van der Waals surface area contributed by atoms with Gasteiger partial charge in [-0.15, -0.1) is 22.7 Å². The van der Waals surface area contributed by atoms with Crippen molar-refractivity contribution < 1.29 is 0 Å². The van der Waals surface area contributed by atoms with Gasteiger partial charge in [0.25, 0.3) is 0 Å². The molecule has 0 aromatic carbocycles. The van der Waals surface area contributed by atoms with E-state index in [0.717, 1.165) is 17.4 Å². The number of aryl methyl sites for hydroxylation is 1. The molecule has 2 aromatic rings. The van der Waals surface area contributed by atoms with E-state index in [2.05, 4.69) is 65.3 Å². The molecule has 2 heterocycles. The van der Waals surface area contributed by atoms with E-state index in [-0.39, 0.29) is 6.04 Å². The Morgan fingerprint density at radius 1 is 1.40 bits per heavy atom. The molecule has 2 nitrogen and oxygen atoms in total. The lowest BCUT2D eigenvalue weighted by molar-refractivity contribution is 0.206. The summed E-state index contributed by atoms with van der Waals surface area (Å²) in [7, 11) is 2.17. The van der Waals surface area contributed by atoms with Gasteiger partial charge in [-0.2, -0.15) is 0 Å². The van der Waals surface area contributed by atoms with Crippen LogP contribution in [0.25, 0.3) is 0 Å². The summed E-state index contributed by atoms with van der Waals surface area (Å²) in [5.74, 6) is 0. The molecule has 2 atom stereocenters. The van der Waals surface area contributed by atoms with Crippen LogP contribution in [0.4, 0.5) is 0 Å². The standard InChI is InChI=1S/C15H21BrN2S2/c1-4-13(17)15(14-6-5-10(2)20-14)18(3)8-12-7-11(16)9-19-12/h5-7,9,13,15H,4,8,17H2,1-3H3. The number of halogens is 1. The molecule has 2 N–H and O–H groups in total. The van der Waals surface area contributed by atoms with Gasteiger partial charge in [0.15, 0.2) is 0 Å². The van der Waals surface area contributed by atoms with Gasteiger partial charge in [0.05, 0.1) is 6.04 Å². The van der Waals surface area contributed by atoms with Gasteiger partial charge in [-0.3, -0.25) is 4.90 Å². The van der Waals surface area contributed by atoms with Gasteiger partial charge < -0.3 is 5.73 Å². The highest BCUT2D eigenvalue weighted by molar-refractivity contribution is 9.10. The molecule has 0 aliphatic carbocycles. The molecule has 20 heavy (non-hydrogen) atoms. The molecule has 110 valence electrons. The second kappa shape index (κ2) is 7.18. The Kier molecular flexibility index (Phi) is 5.81. The fourth-order valence-electron chi connectivity index (χ4n) is 2.37. The monoisotopic (exact) mass is 372 g/mol. The first kappa shape index (κ1) is 16.2. The van der Waals surface area contributed by atoms with Crippen LogP contribution in [0.3, 0.4) is 0 Å². The van der Waals surface area contributed by atoms with E-state index >= 15 is 0 Å². The van der Waals surface area contributed by atoms with Crippen molar-refractivity contribution in [2.24, 2.45) is 5.73 Å². The van der Waals surface area contributed by atoms with Crippen molar-refractivity contribution in [1.29, 1.82) is 0 Å². The minimum absolute atomic E-state index is 0.168. The molecule has 0 radical (unpaired) electrons. The van der Waals surface area contributed by atoms with Gasteiger partial charge in [-0.1, -0.05) is 6.92 Å². The van der Waals surface area contributed by atoms with E-state index in [4.69, 9.17) is 5.73 Å². The summed E-state index contributed by atoms with van der Waals surface area (Å²) in [4.78, 5) is 6.45. The Bertz CT molecular complexity index is 550. The van der Waals surface area contributed by atoms with Crippen molar-refractivity contribution in [1.82, 2.24) is 4.90 Å². The highest BCUT2D eigenvalue weighted by Gasteiger charge is 2.24. The van der Waals surface area contributed by atoms with Crippen LogP contribution >= 0.6 is 38.6 Å². The maximum atomic E-state index is 6.38. The fourth-order valence-corrected chi connectivity index (χ4v) is 5.00. The maximum absolute atomic E-state index is 6.38. The van der Waals surface area contributed by atoms with Crippen molar-refractivity contribution in [3.63, 3.8) is 0 Å². The maximum Gasteiger partial charge on any atom is 0.0594 e. The molecule has 0 saturated heterocycles. The molecule has 2 aromatic heterocycles. The third-order valence-electron chi connectivity index (χ3n) is 3.43. The number of nitrogens with zero attached hydrogens (tertiary/aromatic N) is 1. The van der Waals surface area contributed by atoms with Gasteiger partial charge in [0.2, 0.25) is 0 Å². The van der Waals surface area contributed by atoms with Crippen LogP contribution in [0.15, 0.2) is 28.1 Å². The fraction of sp³-hybridized carbons (Fsp3) is 0.467. The Hall–Kier alpha value is -0.200. The number of hydrogen-bond acceptors (Lipinski definition) is 4. The van der Waals surface area contributed by atoms with Crippen molar-refractivity contribution in [3.05, 3.63) is 42.7 Å². The predicted molar refractivity (Wildman–Crippen MR) is 93.5 cm³/mol. The smallest absolute Gasteiger partial charge is 0.0594 e.